The van der Waals surface area contributed by atoms with Gasteiger partial charge in [-0.3, -0.25) is 0 Å². The van der Waals surface area contributed by atoms with E-state index in [0.29, 0.717) is 26.2 Å². The van der Waals surface area contributed by atoms with E-state index in [1.54, 1.807) is 12.2 Å². The van der Waals surface area contributed by atoms with Gasteiger partial charge in [0.1, 0.15) is 0 Å². The summed E-state index contributed by atoms with van der Waals surface area (Å²) < 4.78 is 4.90. The molecule has 5 heteroatoms. The van der Waals surface area contributed by atoms with Crippen molar-refractivity contribution < 1.29 is 25.2 Å². The van der Waals surface area contributed by atoms with Crippen LogP contribution in [-0.2, 0) is 4.74 Å². The van der Waals surface area contributed by atoms with E-state index in [2.05, 4.69) is 25.3 Å². The molecule has 0 radical (unpaired) electrons. The lowest BCUT2D eigenvalue weighted by atomic mass is 9.88. The number of rotatable bonds is 9. The minimum absolute atomic E-state index is 0.156. The van der Waals surface area contributed by atoms with Gasteiger partial charge >= 0.3 is 0 Å². The number of fused-ring (bicyclic) bond motifs is 2. The predicted octanol–water partition coefficient (Wildman–Crippen LogP) is 2.07. The van der Waals surface area contributed by atoms with Crippen LogP contribution in [0.5, 0.6) is 0 Å². The normalized spacial score (nSPS) is 23.3. The molecule has 0 spiro atoms. The van der Waals surface area contributed by atoms with E-state index in [0.717, 1.165) is 5.92 Å². The van der Waals surface area contributed by atoms with Crippen LogP contribution >= 0.6 is 0 Å². The Morgan fingerprint density at radius 3 is 1.84 bits per heavy atom. The Labute approximate surface area is 152 Å². The second kappa shape index (κ2) is 13.3. The van der Waals surface area contributed by atoms with Gasteiger partial charge in [-0.25, -0.2) is 0 Å². The summed E-state index contributed by atoms with van der Waals surface area (Å²) in [5.74, 6) is 0.803. The van der Waals surface area contributed by atoms with E-state index in [4.69, 9.17) is 25.2 Å². The SMILES string of the molecule is C=CCOCC=C.CCC(CO)(CO)CO.OCC12C=CC(CC1)C2. The van der Waals surface area contributed by atoms with Crippen molar-refractivity contribution in [3.8, 4) is 0 Å². The summed E-state index contributed by atoms with van der Waals surface area (Å²) in [6.07, 6.45) is 12.2. The Hall–Kier alpha value is -0.980. The molecular weight excluding hydrogens is 320 g/mol. The standard InChI is InChI=1S/C8H12O.C6H14O3.C6H10O/c9-6-8-3-1-7(5-8)2-4-8;1-2-6(3-7,4-8)5-9;1-3-5-7-6-4-2/h1,3,7,9H,2,4-6H2;7-9H,2-5H2,1H3;3-4H,1-2,5-6H2. The van der Waals surface area contributed by atoms with Gasteiger partial charge in [-0.2, -0.15) is 0 Å². The third kappa shape index (κ3) is 8.29. The molecule has 146 valence electrons. The van der Waals surface area contributed by atoms with Gasteiger partial charge in [0.05, 0.1) is 39.6 Å². The van der Waals surface area contributed by atoms with Gasteiger partial charge in [-0.05, 0) is 31.6 Å². The van der Waals surface area contributed by atoms with Gasteiger partial charge < -0.3 is 25.2 Å². The van der Waals surface area contributed by atoms with Crippen LogP contribution in [0.15, 0.2) is 37.5 Å². The third-order valence-electron chi connectivity index (χ3n) is 4.95. The second-order valence-corrected chi connectivity index (χ2v) is 6.83. The zero-order valence-electron chi connectivity index (χ0n) is 15.6. The zero-order chi connectivity index (χ0) is 19.2. The summed E-state index contributed by atoms with van der Waals surface area (Å²) in [6, 6.07) is 0. The van der Waals surface area contributed by atoms with Crippen LogP contribution in [0.1, 0.15) is 32.6 Å². The van der Waals surface area contributed by atoms with Gasteiger partial charge in [0, 0.05) is 10.8 Å². The minimum Gasteiger partial charge on any atom is -0.396 e. The number of hydrogen-bond donors (Lipinski definition) is 4. The Morgan fingerprint density at radius 2 is 1.68 bits per heavy atom. The maximum atomic E-state index is 8.99. The van der Waals surface area contributed by atoms with Crippen LogP contribution in [0, 0.1) is 16.7 Å². The smallest absolute Gasteiger partial charge is 0.0649 e. The van der Waals surface area contributed by atoms with E-state index in [-0.39, 0.29) is 25.2 Å². The van der Waals surface area contributed by atoms with Crippen molar-refractivity contribution in [3.05, 3.63) is 37.5 Å². The van der Waals surface area contributed by atoms with Crippen LogP contribution in [0.4, 0.5) is 0 Å². The van der Waals surface area contributed by atoms with E-state index in [1.165, 1.54) is 19.3 Å². The van der Waals surface area contributed by atoms with Crippen molar-refractivity contribution in [1.82, 2.24) is 0 Å². The molecule has 2 aliphatic carbocycles. The molecular formula is C20H36O5. The van der Waals surface area contributed by atoms with Crippen molar-refractivity contribution in [2.75, 3.05) is 39.6 Å². The molecule has 0 saturated heterocycles. The lowest BCUT2D eigenvalue weighted by molar-refractivity contribution is 0.00304. The molecule has 25 heavy (non-hydrogen) atoms. The van der Waals surface area contributed by atoms with Gasteiger partial charge in [-0.15, -0.1) is 13.2 Å². The summed E-state index contributed by atoms with van der Waals surface area (Å²) in [5.41, 5.74) is -0.440. The largest absolute Gasteiger partial charge is 0.396 e. The molecule has 1 fully saturated rings. The number of hydrogen-bond acceptors (Lipinski definition) is 5. The Bertz CT molecular complexity index is 364. The van der Waals surface area contributed by atoms with Crippen LogP contribution in [0.3, 0.4) is 0 Å². The van der Waals surface area contributed by atoms with Gasteiger partial charge in [0.15, 0.2) is 0 Å². The van der Waals surface area contributed by atoms with Crippen molar-refractivity contribution in [1.29, 1.82) is 0 Å². The summed E-state index contributed by atoms with van der Waals surface area (Å²) in [5, 5.41) is 35.0. The molecule has 2 unspecified atom stereocenters. The van der Waals surface area contributed by atoms with Gasteiger partial charge in [-0.1, -0.05) is 31.2 Å². The molecule has 4 N–H and O–H groups in total. The average molecular weight is 357 g/mol. The fourth-order valence-electron chi connectivity index (χ4n) is 2.77. The third-order valence-corrected chi connectivity index (χ3v) is 4.95. The Kier molecular flexibility index (Phi) is 12.7. The average Bonchev–Trinajstić information content (AvgIpc) is 3.28. The lowest BCUT2D eigenvalue weighted by Gasteiger charge is -2.24. The number of allylic oxidation sites excluding steroid dienone is 1. The molecule has 2 rings (SSSR count). The highest BCUT2D eigenvalue weighted by Crippen LogP contribution is 2.48. The van der Waals surface area contributed by atoms with E-state index in [1.807, 2.05) is 6.92 Å². The van der Waals surface area contributed by atoms with Crippen LogP contribution in [0.2, 0.25) is 0 Å². The summed E-state index contributed by atoms with van der Waals surface area (Å²) in [7, 11) is 0. The quantitative estimate of drug-likeness (QED) is 0.375. The predicted molar refractivity (Wildman–Crippen MR) is 101 cm³/mol. The molecule has 2 atom stereocenters. The number of aliphatic hydroxyl groups excluding tert-OH is 4. The molecule has 0 aromatic carbocycles. The molecule has 0 aromatic heterocycles. The van der Waals surface area contributed by atoms with Gasteiger partial charge in [0.2, 0.25) is 0 Å². The van der Waals surface area contributed by atoms with Crippen molar-refractivity contribution in [3.63, 3.8) is 0 Å². The molecule has 0 aromatic rings. The highest BCUT2D eigenvalue weighted by molar-refractivity contribution is 5.15. The van der Waals surface area contributed by atoms with Crippen LogP contribution < -0.4 is 0 Å². The molecule has 0 heterocycles. The van der Waals surface area contributed by atoms with Crippen LogP contribution in [0.25, 0.3) is 0 Å². The first kappa shape index (κ1) is 24.0. The molecule has 5 nitrogen and oxygen atoms in total. The lowest BCUT2D eigenvalue weighted by Crippen LogP contribution is -2.32. The molecule has 1 saturated carbocycles. The maximum absolute atomic E-state index is 8.99. The first-order valence-electron chi connectivity index (χ1n) is 8.93. The molecule has 0 amide bonds. The summed E-state index contributed by atoms with van der Waals surface area (Å²) in [4.78, 5) is 0. The molecule has 2 aliphatic rings. The fraction of sp³-hybridized carbons (Fsp3) is 0.700. The van der Waals surface area contributed by atoms with E-state index in [9.17, 15) is 0 Å². The number of ether oxygens (including phenoxy) is 1. The van der Waals surface area contributed by atoms with E-state index < -0.39 is 5.41 Å². The molecule has 0 aliphatic heterocycles. The monoisotopic (exact) mass is 356 g/mol. The minimum atomic E-state index is -0.667. The Balaban J connectivity index is 0.000000350. The fourth-order valence-corrected chi connectivity index (χ4v) is 2.77. The van der Waals surface area contributed by atoms with Crippen molar-refractivity contribution in [2.45, 2.75) is 32.6 Å². The highest BCUT2D eigenvalue weighted by Gasteiger charge is 2.39. The summed E-state index contributed by atoms with van der Waals surface area (Å²) >= 11 is 0. The highest BCUT2D eigenvalue weighted by atomic mass is 16.5. The van der Waals surface area contributed by atoms with Crippen molar-refractivity contribution >= 4 is 0 Å². The maximum Gasteiger partial charge on any atom is 0.0649 e. The zero-order valence-corrected chi connectivity index (χ0v) is 15.6. The van der Waals surface area contributed by atoms with Crippen molar-refractivity contribution in [2.24, 2.45) is 16.7 Å². The topological polar surface area (TPSA) is 90.2 Å². The first-order chi connectivity index (χ1) is 12.0. The first-order valence-corrected chi connectivity index (χ1v) is 8.93. The number of aliphatic hydroxyl groups is 4. The summed E-state index contributed by atoms with van der Waals surface area (Å²) in [6.45, 7) is 9.90. The molecule has 2 bridgehead atoms. The second-order valence-electron chi connectivity index (χ2n) is 6.83. The van der Waals surface area contributed by atoms with Gasteiger partial charge in [0.25, 0.3) is 0 Å². The Morgan fingerprint density at radius 1 is 1.12 bits per heavy atom. The van der Waals surface area contributed by atoms with E-state index >= 15 is 0 Å². The van der Waals surface area contributed by atoms with Crippen LogP contribution in [-0.4, -0.2) is 60.1 Å².